The fraction of sp³-hybridized carbons (Fsp3) is 0.308. The molecular weight excluding hydrogens is 228 g/mol. The molecule has 1 amide bonds. The van der Waals surface area contributed by atoms with Crippen LogP contribution < -0.4 is 5.32 Å². The summed E-state index contributed by atoms with van der Waals surface area (Å²) >= 11 is 0. The van der Waals surface area contributed by atoms with E-state index in [1.54, 1.807) is 6.20 Å². The fourth-order valence-corrected chi connectivity index (χ4v) is 1.79. The van der Waals surface area contributed by atoms with E-state index in [1.165, 1.54) is 6.20 Å². The lowest BCUT2D eigenvalue weighted by Gasteiger charge is -2.07. The molecule has 5 heteroatoms. The maximum Gasteiger partial charge on any atom is 0.255 e. The SMILES string of the molecule is CCc1cccnc1CNC(=O)c1cn[nH]c1C. The number of nitrogens with zero attached hydrogens (tertiary/aromatic N) is 2. The van der Waals surface area contributed by atoms with E-state index in [1.807, 2.05) is 19.1 Å². The lowest BCUT2D eigenvalue weighted by Crippen LogP contribution is -2.24. The number of nitrogens with one attached hydrogen (secondary N) is 2. The zero-order valence-corrected chi connectivity index (χ0v) is 10.5. The highest BCUT2D eigenvalue weighted by Crippen LogP contribution is 2.07. The lowest BCUT2D eigenvalue weighted by atomic mass is 10.1. The van der Waals surface area contributed by atoms with Crippen LogP contribution in [-0.4, -0.2) is 21.1 Å². The minimum atomic E-state index is -0.131. The van der Waals surface area contributed by atoms with Gasteiger partial charge >= 0.3 is 0 Å². The summed E-state index contributed by atoms with van der Waals surface area (Å²) in [6.07, 6.45) is 4.18. The summed E-state index contributed by atoms with van der Waals surface area (Å²) < 4.78 is 0. The molecular formula is C13H16N4O. The lowest BCUT2D eigenvalue weighted by molar-refractivity contribution is 0.0950. The van der Waals surface area contributed by atoms with Gasteiger partial charge in [-0.3, -0.25) is 14.9 Å². The van der Waals surface area contributed by atoms with E-state index in [0.29, 0.717) is 12.1 Å². The quantitative estimate of drug-likeness (QED) is 0.858. The van der Waals surface area contributed by atoms with Crippen LogP contribution >= 0.6 is 0 Å². The Hall–Kier alpha value is -2.17. The van der Waals surface area contributed by atoms with Gasteiger partial charge in [0.1, 0.15) is 0 Å². The molecule has 0 spiro atoms. The van der Waals surface area contributed by atoms with E-state index in [9.17, 15) is 4.79 Å². The van der Waals surface area contributed by atoms with Crippen LogP contribution in [0.3, 0.4) is 0 Å². The summed E-state index contributed by atoms with van der Waals surface area (Å²) in [6, 6.07) is 3.93. The first kappa shape index (κ1) is 12.3. The summed E-state index contributed by atoms with van der Waals surface area (Å²) in [5.74, 6) is -0.131. The maximum atomic E-state index is 11.9. The molecule has 0 saturated carbocycles. The summed E-state index contributed by atoms with van der Waals surface area (Å²) in [5.41, 5.74) is 3.41. The summed E-state index contributed by atoms with van der Waals surface area (Å²) in [5, 5.41) is 9.43. The van der Waals surface area contributed by atoms with E-state index in [4.69, 9.17) is 0 Å². The Balaban J connectivity index is 2.04. The zero-order chi connectivity index (χ0) is 13.0. The number of carbonyl (C=O) groups excluding carboxylic acids is 1. The molecule has 2 rings (SSSR count). The van der Waals surface area contributed by atoms with Crippen LogP contribution in [0.1, 0.15) is 34.2 Å². The van der Waals surface area contributed by atoms with Gasteiger partial charge in [-0.25, -0.2) is 0 Å². The number of hydrogen-bond donors (Lipinski definition) is 2. The van der Waals surface area contributed by atoms with Crippen LogP contribution in [-0.2, 0) is 13.0 Å². The van der Waals surface area contributed by atoms with Gasteiger partial charge in [0, 0.05) is 11.9 Å². The number of pyridine rings is 1. The van der Waals surface area contributed by atoms with E-state index < -0.39 is 0 Å². The van der Waals surface area contributed by atoms with Gasteiger partial charge in [-0.05, 0) is 25.0 Å². The van der Waals surface area contributed by atoms with Crippen molar-refractivity contribution in [3.8, 4) is 0 Å². The van der Waals surface area contributed by atoms with Gasteiger partial charge in [0.15, 0.2) is 0 Å². The molecule has 2 aromatic heterocycles. The monoisotopic (exact) mass is 244 g/mol. The Morgan fingerprint density at radius 2 is 2.33 bits per heavy atom. The summed E-state index contributed by atoms with van der Waals surface area (Å²) in [7, 11) is 0. The molecule has 0 radical (unpaired) electrons. The van der Waals surface area contributed by atoms with Crippen molar-refractivity contribution in [3.63, 3.8) is 0 Å². The third-order valence-corrected chi connectivity index (χ3v) is 2.86. The number of carbonyl (C=O) groups is 1. The Labute approximate surface area is 106 Å². The van der Waals surface area contributed by atoms with Gasteiger partial charge in [-0.2, -0.15) is 5.10 Å². The van der Waals surface area contributed by atoms with E-state index in [2.05, 4.69) is 27.4 Å². The average molecular weight is 244 g/mol. The Morgan fingerprint density at radius 3 is 3.00 bits per heavy atom. The van der Waals surface area contributed by atoms with Crippen molar-refractivity contribution in [2.75, 3.05) is 0 Å². The molecule has 0 bridgehead atoms. The van der Waals surface area contributed by atoms with Gasteiger partial charge in [0.2, 0.25) is 0 Å². The Morgan fingerprint density at radius 1 is 1.50 bits per heavy atom. The standard InChI is InChI=1S/C13H16N4O/c1-3-10-5-4-6-14-12(10)8-15-13(18)11-7-16-17-9(11)2/h4-7H,3,8H2,1-2H3,(H,15,18)(H,16,17). The van der Waals surface area contributed by atoms with Crippen LogP contribution in [0.5, 0.6) is 0 Å². The molecule has 0 aliphatic rings. The first-order valence-electron chi connectivity index (χ1n) is 5.93. The average Bonchev–Trinajstić information content (AvgIpc) is 2.82. The van der Waals surface area contributed by atoms with E-state index >= 15 is 0 Å². The zero-order valence-electron chi connectivity index (χ0n) is 10.5. The molecule has 0 aliphatic heterocycles. The molecule has 0 aromatic carbocycles. The topological polar surface area (TPSA) is 70.7 Å². The van der Waals surface area contributed by atoms with Crippen molar-refractivity contribution >= 4 is 5.91 Å². The second-order valence-electron chi connectivity index (χ2n) is 4.05. The molecule has 0 saturated heterocycles. The van der Waals surface area contributed by atoms with Gasteiger partial charge in [-0.15, -0.1) is 0 Å². The highest BCUT2D eigenvalue weighted by molar-refractivity contribution is 5.94. The third kappa shape index (κ3) is 2.56. The minimum Gasteiger partial charge on any atom is -0.346 e. The van der Waals surface area contributed by atoms with E-state index in [-0.39, 0.29) is 5.91 Å². The number of aromatic amines is 1. The van der Waals surface area contributed by atoms with Crippen molar-refractivity contribution in [1.82, 2.24) is 20.5 Å². The number of hydrogen-bond acceptors (Lipinski definition) is 3. The highest BCUT2D eigenvalue weighted by Gasteiger charge is 2.11. The first-order valence-corrected chi connectivity index (χ1v) is 5.93. The van der Waals surface area contributed by atoms with Crippen molar-refractivity contribution in [1.29, 1.82) is 0 Å². The number of aryl methyl sites for hydroxylation is 2. The Kier molecular flexibility index (Phi) is 3.72. The largest absolute Gasteiger partial charge is 0.346 e. The number of aromatic nitrogens is 3. The minimum absolute atomic E-state index is 0.131. The van der Waals surface area contributed by atoms with Crippen molar-refractivity contribution in [2.24, 2.45) is 0 Å². The van der Waals surface area contributed by atoms with Crippen LogP contribution in [0.25, 0.3) is 0 Å². The van der Waals surface area contributed by atoms with Gasteiger partial charge in [-0.1, -0.05) is 13.0 Å². The number of rotatable bonds is 4. The van der Waals surface area contributed by atoms with Gasteiger partial charge in [0.25, 0.3) is 5.91 Å². The molecule has 0 atom stereocenters. The number of amides is 1. The van der Waals surface area contributed by atoms with Crippen LogP contribution in [0, 0.1) is 6.92 Å². The second kappa shape index (κ2) is 5.44. The molecule has 2 heterocycles. The van der Waals surface area contributed by atoms with Crippen LogP contribution in [0.15, 0.2) is 24.5 Å². The maximum absolute atomic E-state index is 11.9. The van der Waals surface area contributed by atoms with Crippen molar-refractivity contribution in [2.45, 2.75) is 26.8 Å². The molecule has 2 N–H and O–H groups in total. The van der Waals surface area contributed by atoms with Crippen LogP contribution in [0.4, 0.5) is 0 Å². The predicted octanol–water partition coefficient (Wildman–Crippen LogP) is 1.61. The highest BCUT2D eigenvalue weighted by atomic mass is 16.1. The summed E-state index contributed by atoms with van der Waals surface area (Å²) in [6.45, 7) is 4.33. The molecule has 5 nitrogen and oxygen atoms in total. The Bertz CT molecular complexity index is 547. The van der Waals surface area contributed by atoms with Crippen LogP contribution in [0.2, 0.25) is 0 Å². The smallest absolute Gasteiger partial charge is 0.255 e. The molecule has 0 aliphatic carbocycles. The van der Waals surface area contributed by atoms with Gasteiger partial charge in [0.05, 0.1) is 24.0 Å². The second-order valence-corrected chi connectivity index (χ2v) is 4.05. The molecule has 0 fully saturated rings. The predicted molar refractivity (Wildman–Crippen MR) is 68.1 cm³/mol. The summed E-state index contributed by atoms with van der Waals surface area (Å²) in [4.78, 5) is 16.2. The third-order valence-electron chi connectivity index (χ3n) is 2.86. The number of H-pyrrole nitrogens is 1. The van der Waals surface area contributed by atoms with Crippen molar-refractivity contribution in [3.05, 3.63) is 47.0 Å². The fourth-order valence-electron chi connectivity index (χ4n) is 1.79. The molecule has 94 valence electrons. The van der Waals surface area contributed by atoms with Crippen molar-refractivity contribution < 1.29 is 4.79 Å². The molecule has 2 aromatic rings. The molecule has 18 heavy (non-hydrogen) atoms. The van der Waals surface area contributed by atoms with Gasteiger partial charge < -0.3 is 5.32 Å². The van der Waals surface area contributed by atoms with E-state index in [0.717, 1.165) is 23.4 Å². The molecule has 0 unspecified atom stereocenters. The first-order chi connectivity index (χ1) is 8.72. The normalized spacial score (nSPS) is 10.3.